The molecule has 0 rings (SSSR count). The van der Waals surface area contributed by atoms with Crippen LogP contribution in [0.2, 0.25) is 0 Å². The number of hydrogen-bond acceptors (Lipinski definition) is 3. The first-order valence-electron chi connectivity index (χ1n) is 5.75. The summed E-state index contributed by atoms with van der Waals surface area (Å²) in [5.41, 5.74) is 0. The van der Waals surface area contributed by atoms with Crippen molar-refractivity contribution in [3.8, 4) is 0 Å². The van der Waals surface area contributed by atoms with Crippen molar-refractivity contribution in [2.45, 2.75) is 46.2 Å². The van der Waals surface area contributed by atoms with E-state index in [1.165, 1.54) is 6.92 Å². The molecule has 0 aliphatic carbocycles. The summed E-state index contributed by atoms with van der Waals surface area (Å²) in [7, 11) is 0. The van der Waals surface area contributed by atoms with Crippen LogP contribution in [0.1, 0.15) is 34.1 Å². The lowest BCUT2D eigenvalue weighted by molar-refractivity contribution is -0.142. The molecule has 0 aromatic heterocycles. The highest BCUT2D eigenvalue weighted by molar-refractivity contribution is 5.86. The minimum absolute atomic E-state index is 0.207. The van der Waals surface area contributed by atoms with Crippen molar-refractivity contribution < 1.29 is 14.7 Å². The van der Waals surface area contributed by atoms with Crippen molar-refractivity contribution in [3.05, 3.63) is 0 Å². The monoisotopic (exact) mass is 230 g/mol. The zero-order chi connectivity index (χ0) is 12.7. The number of carboxylic acid groups (broad SMARTS) is 1. The van der Waals surface area contributed by atoms with Crippen LogP contribution in [0.5, 0.6) is 0 Å². The number of hydrogen-bond donors (Lipinski definition) is 2. The van der Waals surface area contributed by atoms with Crippen LogP contribution in [-0.2, 0) is 9.59 Å². The minimum atomic E-state index is -1.01. The van der Waals surface area contributed by atoms with E-state index in [2.05, 4.69) is 5.32 Å². The third-order valence-corrected chi connectivity index (χ3v) is 2.67. The lowest BCUT2D eigenvalue weighted by Crippen LogP contribution is -2.50. The van der Waals surface area contributed by atoms with Crippen molar-refractivity contribution >= 4 is 11.9 Å². The Kier molecular flexibility index (Phi) is 6.72. The molecular weight excluding hydrogens is 208 g/mol. The normalized spacial score (nSPS) is 14.6. The molecule has 2 atom stereocenters. The molecule has 0 saturated heterocycles. The molecule has 2 unspecified atom stereocenters. The smallest absolute Gasteiger partial charge is 0.325 e. The van der Waals surface area contributed by atoms with Crippen LogP contribution in [0.25, 0.3) is 0 Å². The van der Waals surface area contributed by atoms with Crippen molar-refractivity contribution in [2.75, 3.05) is 13.1 Å². The highest BCUT2D eigenvalue weighted by Gasteiger charge is 2.24. The fourth-order valence-electron chi connectivity index (χ4n) is 1.65. The van der Waals surface area contributed by atoms with Gasteiger partial charge in [-0.2, -0.15) is 0 Å². The fourth-order valence-corrected chi connectivity index (χ4v) is 1.65. The molecule has 2 N–H and O–H groups in total. The van der Waals surface area contributed by atoms with Crippen LogP contribution >= 0.6 is 0 Å². The first kappa shape index (κ1) is 14.9. The molecule has 0 spiro atoms. The molecule has 0 aliphatic rings. The van der Waals surface area contributed by atoms with E-state index in [-0.39, 0.29) is 11.9 Å². The first-order valence-corrected chi connectivity index (χ1v) is 5.75. The second-order valence-corrected chi connectivity index (χ2v) is 3.71. The molecule has 0 bridgehead atoms. The number of carbonyl (C=O) groups excluding carboxylic acids is 1. The maximum atomic E-state index is 11.8. The first-order chi connectivity index (χ1) is 7.47. The van der Waals surface area contributed by atoms with Gasteiger partial charge in [0, 0.05) is 0 Å². The average Bonchev–Trinajstić information content (AvgIpc) is 2.24. The molecule has 0 fully saturated rings. The van der Waals surface area contributed by atoms with Gasteiger partial charge in [0.2, 0.25) is 5.91 Å². The Balaban J connectivity index is 4.47. The number of rotatable bonds is 7. The van der Waals surface area contributed by atoms with Crippen LogP contribution in [0.3, 0.4) is 0 Å². The summed E-state index contributed by atoms with van der Waals surface area (Å²) in [5.74, 6) is -1.22. The van der Waals surface area contributed by atoms with Gasteiger partial charge < -0.3 is 10.4 Å². The second kappa shape index (κ2) is 7.22. The summed E-state index contributed by atoms with van der Waals surface area (Å²) in [6, 6.07) is -1.08. The zero-order valence-electron chi connectivity index (χ0n) is 10.5. The van der Waals surface area contributed by atoms with Gasteiger partial charge in [0.25, 0.3) is 0 Å². The largest absolute Gasteiger partial charge is 0.480 e. The molecule has 0 saturated carbocycles. The molecule has 5 nitrogen and oxygen atoms in total. The van der Waals surface area contributed by atoms with Gasteiger partial charge in [-0.25, -0.2) is 0 Å². The van der Waals surface area contributed by atoms with Crippen LogP contribution in [0.15, 0.2) is 0 Å². The number of nitrogens with zero attached hydrogens (tertiary/aromatic N) is 1. The highest BCUT2D eigenvalue weighted by atomic mass is 16.4. The number of amides is 1. The number of aliphatic carboxylic acids is 1. The lowest BCUT2D eigenvalue weighted by Gasteiger charge is -2.28. The SMILES string of the molecule is CCC(C(=O)NC(C)C(=O)O)N(CC)CC. The highest BCUT2D eigenvalue weighted by Crippen LogP contribution is 2.04. The Morgan fingerprint density at radius 2 is 1.75 bits per heavy atom. The average molecular weight is 230 g/mol. The molecule has 0 aromatic rings. The summed E-state index contributed by atoms with van der Waals surface area (Å²) >= 11 is 0. The molecule has 5 heteroatoms. The Hall–Kier alpha value is -1.10. The summed E-state index contributed by atoms with van der Waals surface area (Å²) in [6.07, 6.45) is 0.680. The Bertz CT molecular complexity index is 239. The van der Waals surface area contributed by atoms with Gasteiger partial charge in [0.15, 0.2) is 0 Å². The Morgan fingerprint density at radius 3 is 2.06 bits per heavy atom. The van der Waals surface area contributed by atoms with E-state index in [4.69, 9.17) is 5.11 Å². The Morgan fingerprint density at radius 1 is 1.25 bits per heavy atom. The zero-order valence-corrected chi connectivity index (χ0v) is 10.5. The van der Waals surface area contributed by atoms with Gasteiger partial charge >= 0.3 is 5.97 Å². The van der Waals surface area contributed by atoms with Crippen LogP contribution in [0.4, 0.5) is 0 Å². The number of nitrogens with one attached hydrogen (secondary N) is 1. The van der Waals surface area contributed by atoms with Gasteiger partial charge in [-0.3, -0.25) is 14.5 Å². The van der Waals surface area contributed by atoms with E-state index in [0.717, 1.165) is 13.1 Å². The van der Waals surface area contributed by atoms with E-state index < -0.39 is 12.0 Å². The molecule has 0 radical (unpaired) electrons. The maximum Gasteiger partial charge on any atom is 0.325 e. The van der Waals surface area contributed by atoms with E-state index >= 15 is 0 Å². The van der Waals surface area contributed by atoms with Crippen molar-refractivity contribution in [1.29, 1.82) is 0 Å². The summed E-state index contributed by atoms with van der Waals surface area (Å²) in [5, 5.41) is 11.2. The van der Waals surface area contributed by atoms with Crippen LogP contribution < -0.4 is 5.32 Å². The van der Waals surface area contributed by atoms with Gasteiger partial charge in [0.1, 0.15) is 6.04 Å². The summed E-state index contributed by atoms with van der Waals surface area (Å²) in [6.45, 7) is 8.93. The molecule has 0 heterocycles. The van der Waals surface area contributed by atoms with E-state index in [0.29, 0.717) is 6.42 Å². The minimum Gasteiger partial charge on any atom is -0.480 e. The second-order valence-electron chi connectivity index (χ2n) is 3.71. The molecule has 0 aliphatic heterocycles. The Labute approximate surface area is 96.8 Å². The van der Waals surface area contributed by atoms with E-state index in [1.54, 1.807) is 0 Å². The fraction of sp³-hybridized carbons (Fsp3) is 0.818. The summed E-state index contributed by atoms with van der Waals surface area (Å²) < 4.78 is 0. The van der Waals surface area contributed by atoms with Gasteiger partial charge in [-0.05, 0) is 26.4 Å². The number of likely N-dealkylation sites (N-methyl/N-ethyl adjacent to an activating group) is 1. The predicted molar refractivity (Wildman–Crippen MR) is 62.2 cm³/mol. The van der Waals surface area contributed by atoms with Gasteiger partial charge in [-0.15, -0.1) is 0 Å². The third-order valence-electron chi connectivity index (χ3n) is 2.67. The molecule has 94 valence electrons. The lowest BCUT2D eigenvalue weighted by atomic mass is 10.1. The molecule has 1 amide bonds. The van der Waals surface area contributed by atoms with E-state index in [9.17, 15) is 9.59 Å². The predicted octanol–water partition coefficient (Wildman–Crippen LogP) is 0.696. The summed E-state index contributed by atoms with van der Waals surface area (Å²) in [4.78, 5) is 24.5. The third kappa shape index (κ3) is 4.18. The molecule has 0 aromatic carbocycles. The standard InChI is InChI=1S/C11H22N2O3/c1-5-9(13(6-2)7-3)10(14)12-8(4)11(15)16/h8-9H,5-7H2,1-4H3,(H,12,14)(H,15,16). The van der Waals surface area contributed by atoms with Crippen molar-refractivity contribution in [2.24, 2.45) is 0 Å². The van der Waals surface area contributed by atoms with Gasteiger partial charge in [0.05, 0.1) is 6.04 Å². The van der Waals surface area contributed by atoms with Crippen molar-refractivity contribution in [1.82, 2.24) is 10.2 Å². The topological polar surface area (TPSA) is 69.6 Å². The number of carbonyl (C=O) groups is 2. The maximum absolute atomic E-state index is 11.8. The van der Waals surface area contributed by atoms with Crippen molar-refractivity contribution in [3.63, 3.8) is 0 Å². The number of carboxylic acids is 1. The quantitative estimate of drug-likeness (QED) is 0.675. The van der Waals surface area contributed by atoms with Crippen LogP contribution in [0, 0.1) is 0 Å². The van der Waals surface area contributed by atoms with E-state index in [1.807, 2.05) is 25.7 Å². The van der Waals surface area contributed by atoms with Crippen LogP contribution in [-0.4, -0.2) is 47.1 Å². The van der Waals surface area contributed by atoms with Gasteiger partial charge in [-0.1, -0.05) is 20.8 Å². The molecular formula is C11H22N2O3. The molecule has 16 heavy (non-hydrogen) atoms.